The fourth-order valence-electron chi connectivity index (χ4n) is 2.49. The Hall–Kier alpha value is 0.760. The Morgan fingerprint density at radius 1 is 0.783 bits per heavy atom. The molecule has 0 aliphatic carbocycles. The van der Waals surface area contributed by atoms with Gasteiger partial charge in [-0.05, 0) is 36.7 Å². The summed E-state index contributed by atoms with van der Waals surface area (Å²) in [4.78, 5) is 10.2. The van der Waals surface area contributed by atoms with Crippen molar-refractivity contribution in [1.29, 1.82) is 0 Å². The molecule has 5 heteroatoms. The molecule has 0 fully saturated rings. The van der Waals surface area contributed by atoms with Crippen LogP contribution < -0.4 is 34.5 Å². The summed E-state index contributed by atoms with van der Waals surface area (Å²) < 4.78 is 14.7. The summed E-state index contributed by atoms with van der Waals surface area (Å²) in [5.41, 5.74) is 0. The summed E-state index contributed by atoms with van der Waals surface area (Å²) in [5, 5.41) is 0. The third-order valence-corrected chi connectivity index (χ3v) is 4.25. The zero-order chi connectivity index (χ0) is 16.3. The first-order chi connectivity index (χ1) is 10.8. The van der Waals surface area contributed by atoms with Crippen molar-refractivity contribution in [3.63, 3.8) is 0 Å². The Morgan fingerprint density at radius 2 is 1.22 bits per heavy atom. The van der Waals surface area contributed by atoms with Gasteiger partial charge in [-0.15, -0.1) is 4.52 Å². The maximum Gasteiger partial charge on any atom is 1.00 e. The second kappa shape index (κ2) is 22.8. The third kappa shape index (κ3) is 25.1. The van der Waals surface area contributed by atoms with Crippen molar-refractivity contribution in [3.8, 4) is 0 Å². The van der Waals surface area contributed by atoms with Crippen molar-refractivity contribution < 1.29 is 43.5 Å². The molecule has 0 saturated carbocycles. The van der Waals surface area contributed by atoms with E-state index in [1.165, 1.54) is 77.0 Å². The minimum Gasteiger partial charge on any atom is -0.566 e. The molecular formula is C18H35NaO3P+. The Bertz CT molecular complexity index is 273. The number of allylic oxidation sites excluding steroid dienone is 2. The van der Waals surface area contributed by atoms with E-state index in [1.807, 2.05) is 0 Å². The van der Waals surface area contributed by atoms with Gasteiger partial charge in [-0.2, -0.15) is 0 Å². The van der Waals surface area contributed by atoms with Gasteiger partial charge in [-0.1, -0.05) is 76.9 Å². The SMILES string of the molecule is CCCCCCCCC=CCCCCCCCCO[P+](=O)[O-].[Na+]. The molecule has 0 aliphatic rings. The molecule has 0 spiro atoms. The fraction of sp³-hybridized carbons (Fsp3) is 0.889. The Balaban J connectivity index is 0. The molecular weight excluding hydrogens is 318 g/mol. The predicted octanol–water partition coefficient (Wildman–Crippen LogP) is 3.06. The molecule has 0 aliphatic heterocycles. The molecule has 0 radical (unpaired) electrons. The van der Waals surface area contributed by atoms with E-state index in [2.05, 4.69) is 23.6 Å². The smallest absolute Gasteiger partial charge is 0.566 e. The molecule has 3 nitrogen and oxygen atoms in total. The molecule has 23 heavy (non-hydrogen) atoms. The summed E-state index contributed by atoms with van der Waals surface area (Å²) in [6.45, 7) is 2.61. The van der Waals surface area contributed by atoms with Crippen molar-refractivity contribution >= 4 is 8.25 Å². The minimum atomic E-state index is -2.65. The summed E-state index contributed by atoms with van der Waals surface area (Å²) in [6, 6.07) is 0. The predicted molar refractivity (Wildman–Crippen MR) is 93.0 cm³/mol. The van der Waals surface area contributed by atoms with Crippen LogP contribution in [0.4, 0.5) is 0 Å². The molecule has 0 aromatic heterocycles. The molecule has 0 aromatic carbocycles. The van der Waals surface area contributed by atoms with Crippen LogP contribution in [0, 0.1) is 0 Å². The summed E-state index contributed by atoms with van der Waals surface area (Å²) in [7, 11) is -2.65. The zero-order valence-corrected chi connectivity index (χ0v) is 18.3. The molecule has 1 atom stereocenters. The van der Waals surface area contributed by atoms with Gasteiger partial charge in [0.05, 0.1) is 0 Å². The van der Waals surface area contributed by atoms with Gasteiger partial charge < -0.3 is 4.89 Å². The Labute approximate surface area is 166 Å². The summed E-state index contributed by atoms with van der Waals surface area (Å²) >= 11 is 0. The van der Waals surface area contributed by atoms with Crippen LogP contribution in [0.2, 0.25) is 0 Å². The molecule has 0 saturated heterocycles. The zero-order valence-electron chi connectivity index (χ0n) is 15.4. The molecule has 130 valence electrons. The Kier molecular flexibility index (Phi) is 25.7. The van der Waals surface area contributed by atoms with Gasteiger partial charge in [0.1, 0.15) is 6.61 Å². The second-order valence-electron chi connectivity index (χ2n) is 5.99. The normalized spacial score (nSPS) is 11.7. The molecule has 0 aromatic rings. The molecule has 0 amide bonds. The molecule has 0 heterocycles. The third-order valence-electron chi connectivity index (χ3n) is 3.85. The van der Waals surface area contributed by atoms with E-state index in [0.29, 0.717) is 6.61 Å². The van der Waals surface area contributed by atoms with Crippen LogP contribution in [0.3, 0.4) is 0 Å². The topological polar surface area (TPSA) is 49.4 Å². The maximum atomic E-state index is 10.2. The van der Waals surface area contributed by atoms with E-state index in [9.17, 15) is 9.46 Å². The first-order valence-corrected chi connectivity index (χ1v) is 10.3. The average Bonchev–Trinajstić information content (AvgIpc) is 2.50. The molecule has 0 bridgehead atoms. The van der Waals surface area contributed by atoms with Crippen LogP contribution in [0.1, 0.15) is 96.8 Å². The number of hydrogen-bond donors (Lipinski definition) is 0. The minimum absolute atomic E-state index is 0. The van der Waals surface area contributed by atoms with E-state index in [4.69, 9.17) is 0 Å². The van der Waals surface area contributed by atoms with Crippen LogP contribution in [-0.4, -0.2) is 6.61 Å². The van der Waals surface area contributed by atoms with Gasteiger partial charge in [0.2, 0.25) is 0 Å². The quantitative estimate of drug-likeness (QED) is 0.175. The average molecular weight is 353 g/mol. The van der Waals surface area contributed by atoms with Gasteiger partial charge >= 0.3 is 37.8 Å². The van der Waals surface area contributed by atoms with Crippen LogP contribution in [0.15, 0.2) is 12.2 Å². The van der Waals surface area contributed by atoms with Gasteiger partial charge in [-0.3, -0.25) is 0 Å². The number of hydrogen-bond acceptors (Lipinski definition) is 3. The standard InChI is InChI=1S/C18H35O3P.Na/c1-2-3-4-5-6-7-8-9-10-11-12-13-14-15-16-17-18-21-22(19)20;/h9-10H,2-8,11-18H2,1H3;/q;+1. The largest absolute Gasteiger partial charge is 1.00 e. The number of rotatable bonds is 17. The van der Waals surface area contributed by atoms with Crippen molar-refractivity contribution in [2.45, 2.75) is 96.8 Å². The monoisotopic (exact) mass is 353 g/mol. The number of unbranched alkanes of at least 4 members (excludes halogenated alkanes) is 12. The summed E-state index contributed by atoms with van der Waals surface area (Å²) in [6.07, 6.45) is 22.3. The van der Waals surface area contributed by atoms with Crippen molar-refractivity contribution in [3.05, 3.63) is 12.2 Å². The van der Waals surface area contributed by atoms with Gasteiger partial charge in [0.15, 0.2) is 0 Å². The van der Waals surface area contributed by atoms with E-state index in [1.54, 1.807) is 0 Å². The first-order valence-electron chi connectivity index (χ1n) is 9.19. The van der Waals surface area contributed by atoms with Crippen molar-refractivity contribution in [2.24, 2.45) is 0 Å². The Morgan fingerprint density at radius 3 is 1.70 bits per heavy atom. The van der Waals surface area contributed by atoms with Gasteiger partial charge in [0, 0.05) is 0 Å². The molecule has 0 rings (SSSR count). The van der Waals surface area contributed by atoms with Gasteiger partial charge in [-0.25, -0.2) is 0 Å². The first kappa shape index (κ1) is 26.0. The van der Waals surface area contributed by atoms with Crippen molar-refractivity contribution in [2.75, 3.05) is 6.61 Å². The van der Waals surface area contributed by atoms with Crippen LogP contribution in [-0.2, 0) is 9.09 Å². The summed E-state index contributed by atoms with van der Waals surface area (Å²) in [5.74, 6) is 0. The fourth-order valence-corrected chi connectivity index (χ4v) is 2.77. The molecule has 0 N–H and O–H groups in total. The maximum absolute atomic E-state index is 10.2. The van der Waals surface area contributed by atoms with Gasteiger partial charge in [0.25, 0.3) is 0 Å². The molecule has 1 unspecified atom stereocenters. The van der Waals surface area contributed by atoms with E-state index < -0.39 is 8.25 Å². The van der Waals surface area contributed by atoms with E-state index >= 15 is 0 Å². The van der Waals surface area contributed by atoms with Crippen molar-refractivity contribution in [1.82, 2.24) is 0 Å². The van der Waals surface area contributed by atoms with Crippen LogP contribution in [0.5, 0.6) is 0 Å². The van der Waals surface area contributed by atoms with E-state index in [0.717, 1.165) is 12.8 Å². The second-order valence-corrected chi connectivity index (χ2v) is 6.70. The van der Waals surface area contributed by atoms with Crippen LogP contribution in [0.25, 0.3) is 0 Å². The van der Waals surface area contributed by atoms with E-state index in [-0.39, 0.29) is 29.6 Å². The van der Waals surface area contributed by atoms with Crippen LogP contribution >= 0.6 is 8.25 Å².